The van der Waals surface area contributed by atoms with Gasteiger partial charge >= 0.3 is 0 Å². The highest BCUT2D eigenvalue weighted by molar-refractivity contribution is 7.76. The second-order valence-electron chi connectivity index (χ2n) is 6.96. The molecule has 1 amide bonds. The molecule has 0 aromatic heterocycles. The Morgan fingerprint density at radius 1 is 1.05 bits per heavy atom. The summed E-state index contributed by atoms with van der Waals surface area (Å²) in [5.41, 5.74) is 4.62. The van der Waals surface area contributed by atoms with Crippen molar-refractivity contribution in [1.82, 2.24) is 0 Å². The molecule has 1 fully saturated rings. The van der Waals surface area contributed by atoms with Crippen LogP contribution in [0.3, 0.4) is 0 Å². The quantitative estimate of drug-likeness (QED) is 0.801. The number of anilines is 1. The Balaban J connectivity index is 2.05. The van der Waals surface area contributed by atoms with Crippen LogP contribution in [-0.2, 0) is 4.79 Å². The molecule has 1 aliphatic heterocycles. The van der Waals surface area contributed by atoms with Gasteiger partial charge < -0.3 is 5.32 Å². The fourth-order valence-electron chi connectivity index (χ4n) is 3.51. The normalized spacial score (nSPS) is 18.1. The highest BCUT2D eigenvalue weighted by Crippen LogP contribution is 2.57. The molecule has 1 heterocycles. The van der Waals surface area contributed by atoms with Gasteiger partial charge in [-0.25, -0.2) is 0 Å². The fourth-order valence-corrected chi connectivity index (χ4v) is 6.80. The maximum Gasteiger partial charge on any atom is 0.261 e. The van der Waals surface area contributed by atoms with E-state index in [-0.39, 0.29) is 5.91 Å². The number of benzene rings is 1. The van der Waals surface area contributed by atoms with Crippen molar-refractivity contribution in [2.24, 2.45) is 0 Å². The SMILES string of the molecule is Cc1cc(C)c(NC(=O)C[P+]2(C)CCCCCC2)c(C)c1. The van der Waals surface area contributed by atoms with E-state index in [1.165, 1.54) is 54.7 Å². The van der Waals surface area contributed by atoms with Crippen molar-refractivity contribution in [1.29, 1.82) is 0 Å². The van der Waals surface area contributed by atoms with Crippen LogP contribution >= 0.6 is 7.26 Å². The lowest BCUT2D eigenvalue weighted by molar-refractivity contribution is -0.113. The Morgan fingerprint density at radius 2 is 1.57 bits per heavy atom. The summed E-state index contributed by atoms with van der Waals surface area (Å²) in [5.74, 6) is 0.225. The zero-order valence-electron chi connectivity index (χ0n) is 14.0. The van der Waals surface area contributed by atoms with Gasteiger partial charge in [-0.3, -0.25) is 4.79 Å². The molecule has 0 spiro atoms. The number of rotatable bonds is 3. The molecule has 0 unspecified atom stereocenters. The summed E-state index contributed by atoms with van der Waals surface area (Å²) in [6.45, 7) is 8.66. The standard InChI is InChI=1S/C18H28NOP/c1-14-11-15(2)18(16(3)12-14)19-17(20)13-21(4)9-7-5-6-8-10-21/h11-12H,5-10,13H2,1-4H3/p+1. The van der Waals surface area contributed by atoms with Gasteiger partial charge in [-0.2, -0.15) is 0 Å². The molecule has 116 valence electrons. The Hall–Kier alpha value is -0.880. The molecule has 1 N–H and O–H groups in total. The number of aryl methyl sites for hydroxylation is 3. The highest BCUT2D eigenvalue weighted by Gasteiger charge is 2.35. The van der Waals surface area contributed by atoms with Crippen LogP contribution in [0.4, 0.5) is 5.69 Å². The fraction of sp³-hybridized carbons (Fsp3) is 0.611. The smallest absolute Gasteiger partial charge is 0.261 e. The molecule has 3 heteroatoms. The molecule has 1 aromatic rings. The number of nitrogens with one attached hydrogen (secondary N) is 1. The average molecular weight is 306 g/mol. The van der Waals surface area contributed by atoms with E-state index >= 15 is 0 Å². The van der Waals surface area contributed by atoms with E-state index in [9.17, 15) is 4.79 Å². The van der Waals surface area contributed by atoms with Gasteiger partial charge in [0.2, 0.25) is 0 Å². The summed E-state index contributed by atoms with van der Waals surface area (Å²) in [5, 5.41) is 3.19. The number of carbonyl (C=O) groups excluding carboxylic acids is 1. The third kappa shape index (κ3) is 4.54. The van der Waals surface area contributed by atoms with Gasteiger partial charge in [-0.05, 0) is 57.6 Å². The zero-order chi connectivity index (χ0) is 15.5. The Morgan fingerprint density at radius 3 is 2.10 bits per heavy atom. The van der Waals surface area contributed by atoms with Gasteiger partial charge in [0.05, 0.1) is 12.3 Å². The van der Waals surface area contributed by atoms with Gasteiger partial charge in [-0.15, -0.1) is 0 Å². The largest absolute Gasteiger partial charge is 0.322 e. The molecule has 0 bridgehead atoms. The van der Waals surface area contributed by atoms with Crippen LogP contribution in [0.15, 0.2) is 12.1 Å². The van der Waals surface area contributed by atoms with Crippen molar-refractivity contribution in [2.75, 3.05) is 30.5 Å². The minimum absolute atomic E-state index is 0.225. The summed E-state index contributed by atoms with van der Waals surface area (Å²) in [4.78, 5) is 12.5. The summed E-state index contributed by atoms with van der Waals surface area (Å²) in [6.07, 6.45) is 8.71. The van der Waals surface area contributed by atoms with E-state index in [2.05, 4.69) is 44.9 Å². The van der Waals surface area contributed by atoms with Crippen LogP contribution < -0.4 is 5.32 Å². The second-order valence-corrected chi connectivity index (χ2v) is 11.4. The van der Waals surface area contributed by atoms with Gasteiger partial charge in [0.15, 0.2) is 0 Å². The van der Waals surface area contributed by atoms with Crippen LogP contribution in [0.5, 0.6) is 0 Å². The lowest BCUT2D eigenvalue weighted by Gasteiger charge is -2.21. The summed E-state index contributed by atoms with van der Waals surface area (Å²) >= 11 is 0. The zero-order valence-corrected chi connectivity index (χ0v) is 14.9. The molecule has 1 aromatic carbocycles. The third-order valence-corrected chi connectivity index (χ3v) is 8.46. The van der Waals surface area contributed by atoms with E-state index in [1.807, 2.05) is 0 Å². The third-order valence-electron chi connectivity index (χ3n) is 4.61. The molecule has 1 saturated heterocycles. The molecular formula is C18H29NOP+. The minimum atomic E-state index is -1.05. The highest BCUT2D eigenvalue weighted by atomic mass is 31.2. The van der Waals surface area contributed by atoms with Crippen LogP contribution in [0, 0.1) is 20.8 Å². The monoisotopic (exact) mass is 306 g/mol. The van der Waals surface area contributed by atoms with Crippen molar-refractivity contribution in [3.63, 3.8) is 0 Å². The topological polar surface area (TPSA) is 29.1 Å². The Bertz CT molecular complexity index is 493. The lowest BCUT2D eigenvalue weighted by atomic mass is 10.1. The maximum absolute atomic E-state index is 12.5. The van der Waals surface area contributed by atoms with Crippen LogP contribution in [0.2, 0.25) is 0 Å². The molecule has 0 aliphatic carbocycles. The van der Waals surface area contributed by atoms with E-state index in [0.717, 1.165) is 11.8 Å². The number of hydrogen-bond acceptors (Lipinski definition) is 1. The van der Waals surface area contributed by atoms with Crippen molar-refractivity contribution in [2.45, 2.75) is 46.5 Å². The maximum atomic E-state index is 12.5. The van der Waals surface area contributed by atoms with Crippen LogP contribution in [0.25, 0.3) is 0 Å². The first-order valence-corrected chi connectivity index (χ1v) is 10.9. The van der Waals surface area contributed by atoms with E-state index in [0.29, 0.717) is 0 Å². The molecular weight excluding hydrogens is 277 g/mol. The van der Waals surface area contributed by atoms with Gasteiger partial charge in [0, 0.05) is 19.6 Å². The molecule has 2 nitrogen and oxygen atoms in total. The van der Waals surface area contributed by atoms with Gasteiger partial charge in [0.1, 0.15) is 6.16 Å². The predicted molar refractivity (Wildman–Crippen MR) is 95.2 cm³/mol. The van der Waals surface area contributed by atoms with Crippen molar-refractivity contribution in [3.05, 3.63) is 28.8 Å². The van der Waals surface area contributed by atoms with E-state index < -0.39 is 7.26 Å². The Kier molecular flexibility index (Phi) is 5.43. The van der Waals surface area contributed by atoms with Crippen LogP contribution in [-0.4, -0.2) is 31.1 Å². The molecule has 1 aliphatic rings. The van der Waals surface area contributed by atoms with E-state index in [4.69, 9.17) is 0 Å². The number of amides is 1. The summed E-state index contributed by atoms with van der Waals surface area (Å²) < 4.78 is 0. The van der Waals surface area contributed by atoms with E-state index in [1.54, 1.807) is 0 Å². The number of hydrogen-bond donors (Lipinski definition) is 1. The lowest BCUT2D eigenvalue weighted by Crippen LogP contribution is -2.21. The van der Waals surface area contributed by atoms with Gasteiger partial charge in [0.25, 0.3) is 5.91 Å². The summed E-state index contributed by atoms with van der Waals surface area (Å²) in [7, 11) is -1.05. The molecule has 0 atom stereocenters. The Labute approximate surface area is 130 Å². The average Bonchev–Trinajstić information content (AvgIpc) is 2.58. The number of carbonyl (C=O) groups is 1. The molecule has 0 saturated carbocycles. The first kappa shape index (κ1) is 16.5. The van der Waals surface area contributed by atoms with Crippen molar-refractivity contribution >= 4 is 18.9 Å². The second kappa shape index (κ2) is 6.92. The van der Waals surface area contributed by atoms with Crippen LogP contribution in [0.1, 0.15) is 42.4 Å². The van der Waals surface area contributed by atoms with Gasteiger partial charge in [-0.1, -0.05) is 17.7 Å². The minimum Gasteiger partial charge on any atom is -0.322 e. The molecule has 21 heavy (non-hydrogen) atoms. The predicted octanol–water partition coefficient (Wildman–Crippen LogP) is 4.77. The first-order chi connectivity index (χ1) is 9.89. The first-order valence-electron chi connectivity index (χ1n) is 8.11. The molecule has 0 radical (unpaired) electrons. The van der Waals surface area contributed by atoms with Crippen molar-refractivity contribution in [3.8, 4) is 0 Å². The van der Waals surface area contributed by atoms with Crippen molar-refractivity contribution < 1.29 is 4.79 Å². The molecule has 2 rings (SSSR count). The summed E-state index contributed by atoms with van der Waals surface area (Å²) in [6, 6.07) is 4.29.